The molecule has 2 aliphatic heterocycles. The second kappa shape index (κ2) is 6.21. The van der Waals surface area contributed by atoms with E-state index < -0.39 is 11.4 Å². The number of hydrogen-bond donors (Lipinski definition) is 0. The van der Waals surface area contributed by atoms with Crippen LogP contribution in [0.25, 0.3) is 0 Å². The van der Waals surface area contributed by atoms with Crippen molar-refractivity contribution in [1.82, 2.24) is 9.80 Å². The summed E-state index contributed by atoms with van der Waals surface area (Å²) < 4.78 is 11.3. The van der Waals surface area contributed by atoms with Gasteiger partial charge in [-0.25, -0.2) is 4.79 Å². The van der Waals surface area contributed by atoms with Gasteiger partial charge in [0.25, 0.3) is 5.17 Å². The summed E-state index contributed by atoms with van der Waals surface area (Å²) in [5, 5.41) is 0.459. The number of benzene rings is 2. The Morgan fingerprint density at radius 2 is 1.18 bits per heavy atom. The smallest absolute Gasteiger partial charge is 0.416 e. The molecule has 1 aliphatic carbocycles. The first kappa shape index (κ1) is 17.0. The maximum absolute atomic E-state index is 12.1. The summed E-state index contributed by atoms with van der Waals surface area (Å²) in [5.74, 6) is 0. The summed E-state index contributed by atoms with van der Waals surface area (Å²) in [5.41, 5.74) is 0.609. The summed E-state index contributed by atoms with van der Waals surface area (Å²) in [6.45, 7) is 1.13. The molecule has 5 rings (SSSR count). The molecule has 0 radical (unpaired) electrons. The standard InChI is InChI=1S/C22H18N2O3S/c25-19-23(15-17-7-3-1-4-8-17)21(26-19)11-13-22(14-12-21)24(20(28)27-22)16-18-9-5-2-6-10-18/h1-14H,15-16H2. The Morgan fingerprint density at radius 1 is 0.714 bits per heavy atom. The van der Waals surface area contributed by atoms with Crippen molar-refractivity contribution in [3.63, 3.8) is 0 Å². The highest BCUT2D eigenvalue weighted by Crippen LogP contribution is 2.43. The number of hydrogen-bond acceptors (Lipinski definition) is 4. The van der Waals surface area contributed by atoms with Gasteiger partial charge in [-0.3, -0.25) is 9.80 Å². The molecule has 2 fully saturated rings. The fourth-order valence-corrected chi connectivity index (χ4v) is 4.04. The van der Waals surface area contributed by atoms with Crippen molar-refractivity contribution in [3.8, 4) is 0 Å². The lowest BCUT2D eigenvalue weighted by Gasteiger charge is -2.54. The van der Waals surface area contributed by atoms with Crippen molar-refractivity contribution >= 4 is 23.5 Å². The summed E-state index contributed by atoms with van der Waals surface area (Å²) in [6.07, 6.45) is 7.24. The van der Waals surface area contributed by atoms with Crippen molar-refractivity contribution in [3.05, 3.63) is 96.1 Å². The molecule has 5 nitrogen and oxygen atoms in total. The largest absolute Gasteiger partial charge is 0.436 e. The molecular weight excluding hydrogens is 372 g/mol. The zero-order valence-corrected chi connectivity index (χ0v) is 15.8. The van der Waals surface area contributed by atoms with Gasteiger partial charge in [-0.1, -0.05) is 60.7 Å². The highest BCUT2D eigenvalue weighted by Gasteiger charge is 2.56. The van der Waals surface area contributed by atoms with Crippen molar-refractivity contribution in [1.29, 1.82) is 0 Å². The van der Waals surface area contributed by atoms with Crippen LogP contribution in [0.2, 0.25) is 0 Å². The average Bonchev–Trinajstić information content (AvgIpc) is 2.73. The van der Waals surface area contributed by atoms with E-state index in [1.165, 1.54) is 0 Å². The van der Waals surface area contributed by atoms with E-state index in [9.17, 15) is 4.79 Å². The fourth-order valence-electron chi connectivity index (χ4n) is 3.70. The van der Waals surface area contributed by atoms with E-state index >= 15 is 0 Å². The average molecular weight is 390 g/mol. The molecule has 3 aliphatic rings. The monoisotopic (exact) mass is 390 g/mol. The first-order valence-corrected chi connectivity index (χ1v) is 9.51. The number of carbonyl (C=O) groups is 1. The first-order chi connectivity index (χ1) is 13.6. The molecule has 0 saturated carbocycles. The quantitative estimate of drug-likeness (QED) is 0.584. The predicted molar refractivity (Wildman–Crippen MR) is 108 cm³/mol. The zero-order valence-electron chi connectivity index (χ0n) is 15.0. The summed E-state index contributed by atoms with van der Waals surface area (Å²) in [7, 11) is 0. The van der Waals surface area contributed by atoms with Crippen molar-refractivity contribution in [2.45, 2.75) is 24.5 Å². The van der Waals surface area contributed by atoms with Crippen LogP contribution in [0.5, 0.6) is 0 Å². The minimum Gasteiger partial charge on any atom is -0.436 e. The molecule has 28 heavy (non-hydrogen) atoms. The number of nitrogens with zero attached hydrogens (tertiary/aromatic N) is 2. The molecule has 2 saturated heterocycles. The molecule has 2 aromatic carbocycles. The van der Waals surface area contributed by atoms with Crippen LogP contribution in [-0.4, -0.2) is 32.5 Å². The van der Waals surface area contributed by atoms with E-state index in [2.05, 4.69) is 12.1 Å². The van der Waals surface area contributed by atoms with Gasteiger partial charge in [-0.05, 0) is 47.6 Å². The molecular formula is C22H18N2O3S. The number of ether oxygens (including phenoxy) is 2. The van der Waals surface area contributed by atoms with Gasteiger partial charge in [0.05, 0.1) is 13.1 Å². The minimum atomic E-state index is -0.864. The predicted octanol–water partition coefficient (Wildman–Crippen LogP) is 3.97. The fraction of sp³-hybridized carbons (Fsp3) is 0.182. The minimum absolute atomic E-state index is 0.333. The second-order valence-corrected chi connectivity index (χ2v) is 7.40. The molecule has 6 heteroatoms. The van der Waals surface area contributed by atoms with E-state index in [0.717, 1.165) is 11.1 Å². The number of rotatable bonds is 4. The number of thiocarbonyl (C=S) groups is 1. The highest BCUT2D eigenvalue weighted by atomic mass is 32.1. The van der Waals surface area contributed by atoms with E-state index in [1.807, 2.05) is 77.7 Å². The Hall–Kier alpha value is -3.12. The topological polar surface area (TPSA) is 42.0 Å². The summed E-state index contributed by atoms with van der Waals surface area (Å²) >= 11 is 5.33. The molecule has 0 unspecified atom stereocenters. The summed E-state index contributed by atoms with van der Waals surface area (Å²) in [6, 6.07) is 20.0. The van der Waals surface area contributed by atoms with Gasteiger partial charge in [0.1, 0.15) is 0 Å². The van der Waals surface area contributed by atoms with Gasteiger partial charge in [-0.2, -0.15) is 0 Å². The normalized spacial score (nSPS) is 27.4. The van der Waals surface area contributed by atoms with Gasteiger partial charge < -0.3 is 9.47 Å². The number of carbonyl (C=O) groups excluding carboxylic acids is 1. The Morgan fingerprint density at radius 3 is 1.64 bits per heavy atom. The van der Waals surface area contributed by atoms with Crippen LogP contribution >= 0.6 is 12.2 Å². The second-order valence-electron chi connectivity index (χ2n) is 7.05. The van der Waals surface area contributed by atoms with Crippen LogP contribution in [0.15, 0.2) is 85.0 Å². The number of amides is 1. The third kappa shape index (κ3) is 2.60. The van der Waals surface area contributed by atoms with Crippen molar-refractivity contribution in [2.24, 2.45) is 0 Å². The van der Waals surface area contributed by atoms with Crippen LogP contribution in [0.4, 0.5) is 4.79 Å². The first-order valence-electron chi connectivity index (χ1n) is 9.10. The van der Waals surface area contributed by atoms with Gasteiger partial charge >= 0.3 is 6.09 Å². The van der Waals surface area contributed by atoms with Crippen LogP contribution in [0.3, 0.4) is 0 Å². The van der Waals surface area contributed by atoms with E-state index in [4.69, 9.17) is 21.7 Å². The molecule has 2 spiro atoms. The SMILES string of the molecule is O=C1OC2(C=CC3(C=C2)OC(=S)N3Cc2ccccc2)N1Cc1ccccc1. The van der Waals surface area contributed by atoms with Crippen molar-refractivity contribution in [2.75, 3.05) is 0 Å². The molecule has 0 bridgehead atoms. The maximum Gasteiger partial charge on any atom is 0.416 e. The lowest BCUT2D eigenvalue weighted by molar-refractivity contribution is -0.137. The van der Waals surface area contributed by atoms with E-state index in [1.54, 1.807) is 4.90 Å². The molecule has 0 N–H and O–H groups in total. The maximum atomic E-state index is 12.1. The Kier molecular flexibility index (Phi) is 3.77. The summed E-state index contributed by atoms with van der Waals surface area (Å²) in [4.78, 5) is 15.8. The third-order valence-electron chi connectivity index (χ3n) is 5.28. The Bertz CT molecular complexity index is 894. The molecule has 1 amide bonds. The zero-order chi connectivity index (χ0) is 19.2. The van der Waals surface area contributed by atoms with Gasteiger partial charge in [0.15, 0.2) is 0 Å². The van der Waals surface area contributed by atoms with Crippen LogP contribution in [0, 0.1) is 0 Å². The Labute approximate surface area is 168 Å². The lowest BCUT2D eigenvalue weighted by Crippen LogP contribution is -2.67. The molecule has 0 aromatic heterocycles. The molecule has 0 atom stereocenters. The Balaban J connectivity index is 1.35. The molecule has 2 aromatic rings. The lowest BCUT2D eigenvalue weighted by atomic mass is 9.94. The van der Waals surface area contributed by atoms with Gasteiger partial charge in [0, 0.05) is 0 Å². The van der Waals surface area contributed by atoms with Crippen molar-refractivity contribution < 1.29 is 14.3 Å². The molecule has 140 valence electrons. The van der Waals surface area contributed by atoms with E-state index in [0.29, 0.717) is 18.3 Å². The van der Waals surface area contributed by atoms with Crippen LogP contribution in [0.1, 0.15) is 11.1 Å². The highest BCUT2D eigenvalue weighted by molar-refractivity contribution is 7.80. The van der Waals surface area contributed by atoms with Gasteiger partial charge in [-0.15, -0.1) is 0 Å². The van der Waals surface area contributed by atoms with Gasteiger partial charge in [0.2, 0.25) is 11.4 Å². The van der Waals surface area contributed by atoms with Crippen LogP contribution < -0.4 is 0 Å². The third-order valence-corrected chi connectivity index (χ3v) is 5.58. The van der Waals surface area contributed by atoms with E-state index in [-0.39, 0.29) is 6.09 Å². The van der Waals surface area contributed by atoms with Crippen LogP contribution in [-0.2, 0) is 22.6 Å². The molecule has 2 heterocycles.